The molecule has 0 radical (unpaired) electrons. The number of ether oxygens (including phenoxy) is 1. The van der Waals surface area contributed by atoms with E-state index >= 15 is 0 Å². The molecule has 1 aromatic carbocycles. The van der Waals surface area contributed by atoms with Gasteiger partial charge < -0.3 is 15.4 Å². The fraction of sp³-hybridized carbons (Fsp3) is 0.364. The number of benzene rings is 1. The molecule has 0 saturated heterocycles. The molecule has 31 heavy (non-hydrogen) atoms. The van der Waals surface area contributed by atoms with Crippen LogP contribution in [0.2, 0.25) is 5.02 Å². The molecule has 1 saturated carbocycles. The zero-order valence-electron chi connectivity index (χ0n) is 16.9. The third kappa shape index (κ3) is 5.63. The zero-order chi connectivity index (χ0) is 22.4. The number of carbonyl (C=O) groups is 3. The van der Waals surface area contributed by atoms with Crippen molar-refractivity contribution in [2.24, 2.45) is 0 Å². The molecule has 0 bridgehead atoms. The normalized spacial score (nSPS) is 15.9. The molecule has 162 valence electrons. The second-order valence-electron chi connectivity index (χ2n) is 7.41. The van der Waals surface area contributed by atoms with Gasteiger partial charge >= 0.3 is 5.97 Å². The number of nitrogens with one attached hydrogen (secondary N) is 2. The van der Waals surface area contributed by atoms with Crippen molar-refractivity contribution in [3.05, 3.63) is 51.2 Å². The van der Waals surface area contributed by atoms with Crippen LogP contribution in [0.3, 0.4) is 0 Å². The minimum Gasteiger partial charge on any atom is -0.449 e. The Bertz CT molecular complexity index is 1010. The Morgan fingerprint density at radius 2 is 1.97 bits per heavy atom. The fourth-order valence-corrected chi connectivity index (χ4v) is 4.22. The van der Waals surface area contributed by atoms with Crippen LogP contribution in [0.15, 0.2) is 35.7 Å². The first-order valence-corrected chi connectivity index (χ1v) is 11.2. The van der Waals surface area contributed by atoms with Crippen molar-refractivity contribution in [2.75, 3.05) is 5.32 Å². The number of rotatable bonds is 6. The van der Waals surface area contributed by atoms with Crippen molar-refractivity contribution in [1.82, 2.24) is 5.32 Å². The lowest BCUT2D eigenvalue weighted by molar-refractivity contribution is -0.130. The molecule has 2 N–H and O–H groups in total. The summed E-state index contributed by atoms with van der Waals surface area (Å²) < 4.78 is 5.33. The predicted molar refractivity (Wildman–Crippen MR) is 118 cm³/mol. The minimum atomic E-state index is -1.11. The lowest BCUT2D eigenvalue weighted by Gasteiger charge is -2.32. The lowest BCUT2D eigenvalue weighted by atomic mass is 9.83. The maximum atomic E-state index is 12.7. The van der Waals surface area contributed by atoms with Crippen molar-refractivity contribution < 1.29 is 19.1 Å². The van der Waals surface area contributed by atoms with Crippen LogP contribution >= 0.6 is 22.9 Å². The number of hydrogen-bond acceptors (Lipinski definition) is 6. The van der Waals surface area contributed by atoms with E-state index in [2.05, 4.69) is 16.7 Å². The van der Waals surface area contributed by atoms with Crippen LogP contribution in [-0.2, 0) is 9.53 Å². The first-order valence-electron chi connectivity index (χ1n) is 9.92. The average molecular weight is 460 g/mol. The van der Waals surface area contributed by atoms with Crippen LogP contribution in [0, 0.1) is 11.3 Å². The van der Waals surface area contributed by atoms with Gasteiger partial charge in [-0.1, -0.05) is 36.9 Å². The van der Waals surface area contributed by atoms with Crippen molar-refractivity contribution in [3.63, 3.8) is 0 Å². The van der Waals surface area contributed by atoms with Crippen molar-refractivity contribution >= 4 is 46.4 Å². The molecular formula is C22H22ClN3O4S. The van der Waals surface area contributed by atoms with Gasteiger partial charge in [-0.3, -0.25) is 9.59 Å². The van der Waals surface area contributed by atoms with E-state index in [4.69, 9.17) is 16.3 Å². The van der Waals surface area contributed by atoms with Gasteiger partial charge in [-0.15, -0.1) is 11.3 Å². The Balaban J connectivity index is 1.70. The van der Waals surface area contributed by atoms with Crippen molar-refractivity contribution in [1.29, 1.82) is 5.26 Å². The summed E-state index contributed by atoms with van der Waals surface area (Å²) >= 11 is 7.29. The third-order valence-corrected chi connectivity index (χ3v) is 6.24. The van der Waals surface area contributed by atoms with Crippen LogP contribution in [0.1, 0.15) is 59.1 Å². The molecule has 3 rings (SSSR count). The van der Waals surface area contributed by atoms with Crippen molar-refractivity contribution in [2.45, 2.75) is 50.7 Å². The monoisotopic (exact) mass is 459 g/mol. The molecular weight excluding hydrogens is 438 g/mol. The zero-order valence-corrected chi connectivity index (χ0v) is 18.5. The number of nitrogens with zero attached hydrogens (tertiary/aromatic N) is 1. The summed E-state index contributed by atoms with van der Waals surface area (Å²) in [6.45, 7) is 1.45. The molecule has 0 aliphatic heterocycles. The summed E-state index contributed by atoms with van der Waals surface area (Å²) in [6, 6.07) is 9.98. The standard InChI is InChI=1S/C22H22ClN3O4S/c1-14(19(27)26-22(13-24)9-3-2-4-10-22)30-21(29)16-8-7-15(23)12-17(16)25-20(28)18-6-5-11-31-18/h5-8,11-12,14H,2-4,9-10H2,1H3,(H,25,28)(H,26,27)/t14-/m1/s1. The van der Waals surface area contributed by atoms with Gasteiger partial charge in [0.25, 0.3) is 11.8 Å². The molecule has 1 aliphatic carbocycles. The first kappa shape index (κ1) is 22.8. The smallest absolute Gasteiger partial charge is 0.341 e. The van der Waals surface area contributed by atoms with Gasteiger partial charge in [-0.2, -0.15) is 5.26 Å². The number of thiophene rings is 1. The summed E-state index contributed by atoms with van der Waals surface area (Å²) in [6.07, 6.45) is 2.79. The second kappa shape index (κ2) is 9.94. The van der Waals surface area contributed by atoms with E-state index in [1.807, 2.05) is 0 Å². The molecule has 2 amide bonds. The Morgan fingerprint density at radius 3 is 2.61 bits per heavy atom. The highest BCUT2D eigenvalue weighted by Gasteiger charge is 2.35. The molecule has 7 nitrogen and oxygen atoms in total. The Labute approximate surface area is 189 Å². The van der Waals surface area contributed by atoms with Gasteiger partial charge in [0, 0.05) is 5.02 Å². The number of carbonyl (C=O) groups excluding carboxylic acids is 3. The molecule has 1 aliphatic rings. The number of anilines is 1. The van der Waals surface area contributed by atoms with Crippen LogP contribution in [-0.4, -0.2) is 29.4 Å². The van der Waals surface area contributed by atoms with Gasteiger partial charge in [0.2, 0.25) is 0 Å². The molecule has 0 unspecified atom stereocenters. The summed E-state index contributed by atoms with van der Waals surface area (Å²) in [5, 5.41) is 17.0. The molecule has 9 heteroatoms. The van der Waals surface area contributed by atoms with E-state index in [-0.39, 0.29) is 17.2 Å². The quantitative estimate of drug-likeness (QED) is 0.616. The van der Waals surface area contributed by atoms with E-state index in [1.165, 1.54) is 36.5 Å². The van der Waals surface area contributed by atoms with Gasteiger partial charge in [0.15, 0.2) is 6.10 Å². The molecule has 2 aromatic rings. The molecule has 1 atom stereocenters. The predicted octanol–water partition coefficient (Wildman–Crippen LogP) is 4.54. The number of nitriles is 1. The largest absolute Gasteiger partial charge is 0.449 e. The van der Waals surface area contributed by atoms with Gasteiger partial charge in [-0.05, 0) is 49.4 Å². The number of halogens is 1. The topological polar surface area (TPSA) is 108 Å². The first-order chi connectivity index (χ1) is 14.8. The van der Waals surface area contributed by atoms with E-state index in [9.17, 15) is 19.6 Å². The van der Waals surface area contributed by atoms with Gasteiger partial charge in [0.1, 0.15) is 5.54 Å². The molecule has 0 spiro atoms. The molecule has 1 fully saturated rings. The van der Waals surface area contributed by atoms with Gasteiger partial charge in [0.05, 0.1) is 22.2 Å². The highest BCUT2D eigenvalue weighted by atomic mass is 35.5. The van der Waals surface area contributed by atoms with Crippen LogP contribution in [0.4, 0.5) is 5.69 Å². The highest BCUT2D eigenvalue weighted by molar-refractivity contribution is 7.12. The third-order valence-electron chi connectivity index (χ3n) is 5.13. The van der Waals surface area contributed by atoms with E-state index in [0.717, 1.165) is 19.3 Å². The number of amides is 2. The molecule has 1 heterocycles. The lowest BCUT2D eigenvalue weighted by Crippen LogP contribution is -2.52. The van der Waals surface area contributed by atoms with Gasteiger partial charge in [-0.25, -0.2) is 4.79 Å². The van der Waals surface area contributed by atoms with E-state index in [1.54, 1.807) is 17.5 Å². The second-order valence-corrected chi connectivity index (χ2v) is 8.80. The van der Waals surface area contributed by atoms with E-state index in [0.29, 0.717) is 22.7 Å². The summed E-state index contributed by atoms with van der Waals surface area (Å²) in [5.41, 5.74) is -0.665. The Kier molecular flexibility index (Phi) is 7.31. The van der Waals surface area contributed by atoms with Crippen LogP contribution in [0.5, 0.6) is 0 Å². The minimum absolute atomic E-state index is 0.0709. The SMILES string of the molecule is C[C@@H](OC(=O)c1ccc(Cl)cc1NC(=O)c1cccs1)C(=O)NC1(C#N)CCCCC1. The maximum absolute atomic E-state index is 12.7. The van der Waals surface area contributed by atoms with E-state index < -0.39 is 23.5 Å². The number of esters is 1. The summed E-state index contributed by atoms with van der Waals surface area (Å²) in [5.74, 6) is -1.70. The average Bonchev–Trinajstić information content (AvgIpc) is 3.29. The maximum Gasteiger partial charge on any atom is 0.341 e. The summed E-state index contributed by atoms with van der Waals surface area (Å²) in [7, 11) is 0. The van der Waals surface area contributed by atoms with Crippen molar-refractivity contribution in [3.8, 4) is 6.07 Å². The summed E-state index contributed by atoms with van der Waals surface area (Å²) in [4.78, 5) is 38.2. The van der Waals surface area contributed by atoms with Crippen LogP contribution in [0.25, 0.3) is 0 Å². The molecule has 1 aromatic heterocycles. The number of hydrogen-bond donors (Lipinski definition) is 2. The van der Waals surface area contributed by atoms with Crippen LogP contribution < -0.4 is 10.6 Å². The Morgan fingerprint density at radius 1 is 1.23 bits per heavy atom. The fourth-order valence-electron chi connectivity index (χ4n) is 3.42. The Hall–Kier alpha value is -2.89. The highest BCUT2D eigenvalue weighted by Crippen LogP contribution is 2.28.